The lowest BCUT2D eigenvalue weighted by Gasteiger charge is -2.26. The summed E-state index contributed by atoms with van der Waals surface area (Å²) in [6.45, 7) is 1.68. The van der Waals surface area contributed by atoms with Crippen molar-refractivity contribution in [3.8, 4) is 0 Å². The van der Waals surface area contributed by atoms with Crippen molar-refractivity contribution in [2.75, 3.05) is 6.54 Å². The second kappa shape index (κ2) is 7.41. The molecular weight excluding hydrogens is 396 g/mol. The normalized spacial score (nSPS) is 19.5. The van der Waals surface area contributed by atoms with E-state index >= 15 is 0 Å². The first kappa shape index (κ1) is 18.3. The SMILES string of the molecule is CCCC1(c2ccccc2)NC(=O)N(CC(=O)c2ccc(Br)cc2)C1=O. The van der Waals surface area contributed by atoms with Gasteiger partial charge in [-0.15, -0.1) is 0 Å². The summed E-state index contributed by atoms with van der Waals surface area (Å²) in [6, 6.07) is 15.5. The Morgan fingerprint density at radius 2 is 1.73 bits per heavy atom. The number of imide groups is 1. The molecule has 134 valence electrons. The molecule has 0 bridgehead atoms. The summed E-state index contributed by atoms with van der Waals surface area (Å²) in [7, 11) is 0. The van der Waals surface area contributed by atoms with Gasteiger partial charge >= 0.3 is 6.03 Å². The fraction of sp³-hybridized carbons (Fsp3) is 0.250. The van der Waals surface area contributed by atoms with Gasteiger partial charge in [-0.05, 0) is 24.1 Å². The number of nitrogens with one attached hydrogen (secondary N) is 1. The second-order valence-corrected chi connectivity index (χ2v) is 7.19. The van der Waals surface area contributed by atoms with E-state index in [2.05, 4.69) is 21.2 Å². The molecule has 26 heavy (non-hydrogen) atoms. The summed E-state index contributed by atoms with van der Waals surface area (Å²) in [4.78, 5) is 39.2. The number of hydrogen-bond donors (Lipinski definition) is 1. The van der Waals surface area contributed by atoms with Gasteiger partial charge in [0.2, 0.25) is 0 Å². The van der Waals surface area contributed by atoms with Crippen LogP contribution in [0.15, 0.2) is 59.1 Å². The molecule has 3 amide bonds. The van der Waals surface area contributed by atoms with E-state index in [0.29, 0.717) is 12.0 Å². The predicted molar refractivity (Wildman–Crippen MR) is 102 cm³/mol. The number of Topliss-reactive ketones (excluding diaryl/α,β-unsaturated/α-hetero) is 1. The van der Waals surface area contributed by atoms with Crippen molar-refractivity contribution in [3.05, 3.63) is 70.2 Å². The zero-order valence-corrected chi connectivity index (χ0v) is 16.0. The summed E-state index contributed by atoms with van der Waals surface area (Å²) in [5.41, 5.74) is 0.0906. The Bertz CT molecular complexity index is 836. The van der Waals surface area contributed by atoms with E-state index in [9.17, 15) is 14.4 Å². The lowest BCUT2D eigenvalue weighted by Crippen LogP contribution is -2.44. The largest absolute Gasteiger partial charge is 0.325 e. The number of hydrogen-bond acceptors (Lipinski definition) is 3. The smallest absolute Gasteiger partial charge is 0.319 e. The third-order valence-corrected chi connectivity index (χ3v) is 5.06. The third kappa shape index (κ3) is 3.29. The molecule has 6 heteroatoms. The van der Waals surface area contributed by atoms with Crippen LogP contribution in [0.1, 0.15) is 35.7 Å². The van der Waals surface area contributed by atoms with Gasteiger partial charge in [-0.2, -0.15) is 0 Å². The van der Waals surface area contributed by atoms with E-state index < -0.39 is 11.6 Å². The second-order valence-electron chi connectivity index (χ2n) is 6.27. The number of halogens is 1. The molecule has 0 spiro atoms. The van der Waals surface area contributed by atoms with Gasteiger partial charge in [0.1, 0.15) is 5.54 Å². The van der Waals surface area contributed by atoms with E-state index in [1.54, 1.807) is 24.3 Å². The molecule has 5 nitrogen and oxygen atoms in total. The standard InChI is InChI=1S/C20H19BrN2O3/c1-2-12-20(15-6-4-3-5-7-15)18(25)23(19(26)22-20)13-17(24)14-8-10-16(21)11-9-14/h3-11H,2,12-13H2,1H3,(H,22,26). The predicted octanol–water partition coefficient (Wildman–Crippen LogP) is 3.88. The molecule has 1 saturated heterocycles. The molecule has 1 atom stereocenters. The van der Waals surface area contributed by atoms with Crippen LogP contribution >= 0.6 is 15.9 Å². The molecule has 1 fully saturated rings. The number of carbonyl (C=O) groups is 3. The van der Waals surface area contributed by atoms with E-state index in [1.165, 1.54) is 0 Å². The van der Waals surface area contributed by atoms with Crippen LogP contribution in [0.5, 0.6) is 0 Å². The molecular formula is C20H19BrN2O3. The Kier molecular flexibility index (Phi) is 5.23. The molecule has 2 aromatic rings. The van der Waals surface area contributed by atoms with Crippen molar-refractivity contribution in [2.24, 2.45) is 0 Å². The maximum atomic E-state index is 13.1. The van der Waals surface area contributed by atoms with Crippen LogP contribution in [-0.2, 0) is 10.3 Å². The lowest BCUT2D eigenvalue weighted by atomic mass is 9.85. The Hall–Kier alpha value is -2.47. The van der Waals surface area contributed by atoms with E-state index in [-0.39, 0.29) is 18.2 Å². The van der Waals surface area contributed by atoms with Crippen LogP contribution in [0.4, 0.5) is 4.79 Å². The molecule has 0 radical (unpaired) electrons. The van der Waals surface area contributed by atoms with Crippen molar-refractivity contribution >= 4 is 33.7 Å². The van der Waals surface area contributed by atoms with Gasteiger partial charge in [-0.1, -0.05) is 71.7 Å². The minimum atomic E-state index is -1.10. The number of carbonyl (C=O) groups excluding carboxylic acids is 3. The molecule has 2 aromatic carbocycles. The van der Waals surface area contributed by atoms with Gasteiger partial charge in [0.15, 0.2) is 5.78 Å². The summed E-state index contributed by atoms with van der Waals surface area (Å²) < 4.78 is 0.857. The molecule has 1 N–H and O–H groups in total. The van der Waals surface area contributed by atoms with Gasteiger partial charge in [-0.25, -0.2) is 4.79 Å². The van der Waals surface area contributed by atoms with Crippen LogP contribution in [0.2, 0.25) is 0 Å². The van der Waals surface area contributed by atoms with Crippen molar-refractivity contribution < 1.29 is 14.4 Å². The highest BCUT2D eigenvalue weighted by atomic mass is 79.9. The molecule has 1 unspecified atom stereocenters. The zero-order chi connectivity index (χ0) is 18.7. The summed E-state index contributed by atoms with van der Waals surface area (Å²) >= 11 is 3.32. The van der Waals surface area contributed by atoms with Gasteiger partial charge < -0.3 is 5.32 Å². The minimum absolute atomic E-state index is 0.273. The number of urea groups is 1. The van der Waals surface area contributed by atoms with E-state index in [1.807, 2.05) is 37.3 Å². The van der Waals surface area contributed by atoms with Crippen LogP contribution in [-0.4, -0.2) is 29.2 Å². The van der Waals surface area contributed by atoms with Crippen molar-refractivity contribution in [1.29, 1.82) is 0 Å². The highest BCUT2D eigenvalue weighted by molar-refractivity contribution is 9.10. The highest BCUT2D eigenvalue weighted by Gasteiger charge is 2.52. The van der Waals surface area contributed by atoms with Crippen LogP contribution < -0.4 is 5.32 Å². The van der Waals surface area contributed by atoms with Gasteiger partial charge in [0, 0.05) is 10.0 Å². The van der Waals surface area contributed by atoms with E-state index in [0.717, 1.165) is 21.4 Å². The minimum Gasteiger partial charge on any atom is -0.319 e. The average molecular weight is 415 g/mol. The van der Waals surface area contributed by atoms with Gasteiger partial charge in [0.25, 0.3) is 5.91 Å². The first-order valence-corrected chi connectivity index (χ1v) is 9.25. The molecule has 1 heterocycles. The maximum absolute atomic E-state index is 13.1. The van der Waals surface area contributed by atoms with E-state index in [4.69, 9.17) is 0 Å². The topological polar surface area (TPSA) is 66.5 Å². The van der Waals surface area contributed by atoms with Crippen LogP contribution in [0.3, 0.4) is 0 Å². The third-order valence-electron chi connectivity index (χ3n) is 4.54. The first-order valence-electron chi connectivity index (χ1n) is 8.46. The van der Waals surface area contributed by atoms with Gasteiger partial charge in [0.05, 0.1) is 6.54 Å². The quantitative estimate of drug-likeness (QED) is 0.575. The summed E-state index contributed by atoms with van der Waals surface area (Å²) in [5, 5.41) is 2.83. The molecule has 1 aliphatic heterocycles. The van der Waals surface area contributed by atoms with Gasteiger partial charge in [-0.3, -0.25) is 14.5 Å². The van der Waals surface area contributed by atoms with Crippen LogP contribution in [0, 0.1) is 0 Å². The Labute approximate surface area is 160 Å². The van der Waals surface area contributed by atoms with Crippen LogP contribution in [0.25, 0.3) is 0 Å². The number of nitrogens with zero attached hydrogens (tertiary/aromatic N) is 1. The Morgan fingerprint density at radius 3 is 2.35 bits per heavy atom. The monoisotopic (exact) mass is 414 g/mol. The zero-order valence-electron chi connectivity index (χ0n) is 14.4. The highest BCUT2D eigenvalue weighted by Crippen LogP contribution is 2.33. The van der Waals surface area contributed by atoms with Crippen molar-refractivity contribution in [1.82, 2.24) is 10.2 Å². The summed E-state index contributed by atoms with van der Waals surface area (Å²) in [6.07, 6.45) is 1.19. The fourth-order valence-electron chi connectivity index (χ4n) is 3.25. The van der Waals surface area contributed by atoms with Crippen molar-refractivity contribution in [3.63, 3.8) is 0 Å². The molecule has 3 rings (SSSR count). The molecule has 0 aromatic heterocycles. The fourth-order valence-corrected chi connectivity index (χ4v) is 3.51. The lowest BCUT2D eigenvalue weighted by molar-refractivity contribution is -0.131. The number of rotatable bonds is 6. The maximum Gasteiger partial charge on any atom is 0.325 e. The number of ketones is 1. The summed E-state index contributed by atoms with van der Waals surface area (Å²) in [5.74, 6) is -0.651. The molecule has 0 aliphatic carbocycles. The van der Waals surface area contributed by atoms with Crippen molar-refractivity contribution in [2.45, 2.75) is 25.3 Å². The Morgan fingerprint density at radius 1 is 1.08 bits per heavy atom. The average Bonchev–Trinajstić information content (AvgIpc) is 2.88. The Balaban J connectivity index is 1.88. The first-order chi connectivity index (χ1) is 12.5. The molecule has 1 aliphatic rings. The number of benzene rings is 2. The number of amides is 3. The molecule has 0 saturated carbocycles.